The standard InChI is InChI=1S/C42H82N6O4S2/c1-3-5-7-9-11-13-15-33-51-41(49)23-37-53-35-17-21-39(43)45-25-19-27-47-29-31-48(32-30-47)28-20-26-46-40(44)22-18-36-54-38-24-42(50)52-34-16-14-12-10-8-6-4-2/h3-38H2,1-2H3,(H2,43,45)(H2,44,46). The number of nitrogens with one attached hydrogen (secondary N) is 4. The zero-order valence-electron chi connectivity index (χ0n) is 34.8. The first-order valence-electron chi connectivity index (χ1n) is 22.0. The molecule has 0 saturated carbocycles. The summed E-state index contributed by atoms with van der Waals surface area (Å²) in [6.45, 7) is 13.8. The van der Waals surface area contributed by atoms with Crippen LogP contribution in [0.3, 0.4) is 0 Å². The highest BCUT2D eigenvalue weighted by Crippen LogP contribution is 2.11. The van der Waals surface area contributed by atoms with E-state index in [0.29, 0.717) is 37.7 Å². The minimum atomic E-state index is -0.0745. The van der Waals surface area contributed by atoms with Crippen LogP contribution in [0.4, 0.5) is 0 Å². The van der Waals surface area contributed by atoms with Crippen molar-refractivity contribution >= 4 is 47.1 Å². The Balaban J connectivity index is 1.86. The highest BCUT2D eigenvalue weighted by Gasteiger charge is 2.16. The van der Waals surface area contributed by atoms with Crippen LogP contribution in [0.5, 0.6) is 0 Å². The van der Waals surface area contributed by atoms with E-state index in [0.717, 1.165) is 140 Å². The van der Waals surface area contributed by atoms with Crippen LogP contribution in [-0.2, 0) is 19.1 Å². The molecule has 12 heteroatoms. The van der Waals surface area contributed by atoms with Gasteiger partial charge in [0.1, 0.15) is 0 Å². The number of carbonyl (C=O) groups excluding carboxylic acids is 2. The molecule has 1 rings (SSSR count). The zero-order chi connectivity index (χ0) is 39.2. The molecule has 0 aromatic rings. The number of carbonyl (C=O) groups is 2. The lowest BCUT2D eigenvalue weighted by Gasteiger charge is -2.34. The highest BCUT2D eigenvalue weighted by atomic mass is 32.2. The summed E-state index contributed by atoms with van der Waals surface area (Å²) in [6.07, 6.45) is 23.7. The first-order valence-corrected chi connectivity index (χ1v) is 24.3. The second-order valence-corrected chi connectivity index (χ2v) is 17.3. The topological polar surface area (TPSA) is 131 Å². The number of nitrogens with zero attached hydrogens (tertiary/aromatic N) is 2. The molecule has 0 radical (unpaired) electrons. The predicted octanol–water partition coefficient (Wildman–Crippen LogP) is 8.91. The molecule has 1 heterocycles. The van der Waals surface area contributed by atoms with Gasteiger partial charge in [-0.2, -0.15) is 23.5 Å². The molecule has 0 aromatic carbocycles. The molecule has 54 heavy (non-hydrogen) atoms. The Kier molecular flexibility index (Phi) is 35.9. The van der Waals surface area contributed by atoms with Gasteiger partial charge in [0, 0.05) is 63.6 Å². The van der Waals surface area contributed by atoms with E-state index in [1.807, 2.05) is 0 Å². The highest BCUT2D eigenvalue weighted by molar-refractivity contribution is 7.99. The Morgan fingerprint density at radius 2 is 0.870 bits per heavy atom. The van der Waals surface area contributed by atoms with E-state index in [4.69, 9.17) is 20.3 Å². The minimum absolute atomic E-state index is 0.0745. The molecular formula is C42H82N6O4S2. The Hall–Kier alpha value is -1.50. The molecule has 0 bridgehead atoms. The van der Waals surface area contributed by atoms with Crippen LogP contribution in [-0.4, -0.2) is 122 Å². The van der Waals surface area contributed by atoms with E-state index in [1.54, 1.807) is 23.5 Å². The number of rotatable bonds is 38. The summed E-state index contributed by atoms with van der Waals surface area (Å²) in [5, 5.41) is 23.0. The van der Waals surface area contributed by atoms with Crippen LogP contribution < -0.4 is 10.6 Å². The van der Waals surface area contributed by atoms with Gasteiger partial charge >= 0.3 is 11.9 Å². The minimum Gasteiger partial charge on any atom is -0.466 e. The molecule has 10 nitrogen and oxygen atoms in total. The van der Waals surface area contributed by atoms with Gasteiger partial charge in [-0.25, -0.2) is 0 Å². The Morgan fingerprint density at radius 3 is 1.26 bits per heavy atom. The summed E-state index contributed by atoms with van der Waals surface area (Å²) in [5.74, 6) is 4.64. The smallest absolute Gasteiger partial charge is 0.306 e. The van der Waals surface area contributed by atoms with E-state index < -0.39 is 0 Å². The number of esters is 2. The van der Waals surface area contributed by atoms with Crippen LogP contribution in [0, 0.1) is 10.8 Å². The van der Waals surface area contributed by atoms with Crippen molar-refractivity contribution in [2.24, 2.45) is 0 Å². The number of thioether (sulfide) groups is 2. The molecule has 1 fully saturated rings. The lowest BCUT2D eigenvalue weighted by atomic mass is 10.1. The molecule has 0 atom stereocenters. The second kappa shape index (κ2) is 38.4. The van der Waals surface area contributed by atoms with Gasteiger partial charge in [0.15, 0.2) is 0 Å². The summed E-state index contributed by atoms with van der Waals surface area (Å²) < 4.78 is 10.7. The van der Waals surface area contributed by atoms with Crippen LogP contribution in [0.1, 0.15) is 155 Å². The fraction of sp³-hybridized carbons (Fsp3) is 0.905. The molecule has 0 aromatic heterocycles. The lowest BCUT2D eigenvalue weighted by molar-refractivity contribution is -0.144. The van der Waals surface area contributed by atoms with Crippen LogP contribution in [0.15, 0.2) is 0 Å². The Bertz CT molecular complexity index is 851. The molecule has 0 spiro atoms. The third kappa shape index (κ3) is 33.8. The average molecular weight is 799 g/mol. The van der Waals surface area contributed by atoms with Gasteiger partial charge in [0.2, 0.25) is 0 Å². The fourth-order valence-corrected chi connectivity index (χ4v) is 8.08. The SMILES string of the molecule is CCCCCCCCCOC(=O)CCSCCCC(=N)NCCCN1CCN(CCCNC(=N)CCCSCCC(=O)OCCCCCCCCC)CC1. The van der Waals surface area contributed by atoms with Gasteiger partial charge < -0.3 is 29.9 Å². The number of hydrogen-bond acceptors (Lipinski definition) is 10. The summed E-state index contributed by atoms with van der Waals surface area (Å²) in [5.41, 5.74) is 0. The van der Waals surface area contributed by atoms with Crippen molar-refractivity contribution < 1.29 is 19.1 Å². The summed E-state index contributed by atoms with van der Waals surface area (Å²) in [7, 11) is 0. The van der Waals surface area contributed by atoms with E-state index in [1.165, 1.54) is 64.2 Å². The number of piperazine rings is 1. The number of hydrogen-bond donors (Lipinski definition) is 4. The normalized spacial score (nSPS) is 13.5. The monoisotopic (exact) mass is 799 g/mol. The van der Waals surface area contributed by atoms with Crippen molar-refractivity contribution in [1.29, 1.82) is 10.8 Å². The third-order valence-corrected chi connectivity index (χ3v) is 11.9. The quantitative estimate of drug-likeness (QED) is 0.0208. The maximum atomic E-state index is 11.9. The maximum Gasteiger partial charge on any atom is 0.306 e. The second-order valence-electron chi connectivity index (χ2n) is 14.8. The number of unbranched alkanes of at least 4 members (excludes halogenated alkanes) is 12. The largest absolute Gasteiger partial charge is 0.466 e. The van der Waals surface area contributed by atoms with Gasteiger partial charge in [-0.15, -0.1) is 0 Å². The van der Waals surface area contributed by atoms with E-state index >= 15 is 0 Å². The maximum absolute atomic E-state index is 11.9. The Labute approximate surface area is 339 Å². The zero-order valence-corrected chi connectivity index (χ0v) is 36.4. The first kappa shape index (κ1) is 50.5. The molecule has 1 aliphatic rings. The van der Waals surface area contributed by atoms with Crippen molar-refractivity contribution in [3.8, 4) is 0 Å². The van der Waals surface area contributed by atoms with Crippen LogP contribution in [0.25, 0.3) is 0 Å². The van der Waals surface area contributed by atoms with Crippen LogP contribution in [0.2, 0.25) is 0 Å². The van der Waals surface area contributed by atoms with Crippen molar-refractivity contribution in [3.05, 3.63) is 0 Å². The van der Waals surface area contributed by atoms with Gasteiger partial charge in [-0.3, -0.25) is 20.4 Å². The van der Waals surface area contributed by atoms with Crippen molar-refractivity contribution in [3.63, 3.8) is 0 Å². The van der Waals surface area contributed by atoms with Crippen molar-refractivity contribution in [2.45, 2.75) is 155 Å². The Morgan fingerprint density at radius 1 is 0.500 bits per heavy atom. The van der Waals surface area contributed by atoms with E-state index in [2.05, 4.69) is 34.3 Å². The average Bonchev–Trinajstić information content (AvgIpc) is 3.17. The van der Waals surface area contributed by atoms with Gasteiger partial charge in [-0.1, -0.05) is 90.9 Å². The predicted molar refractivity (Wildman–Crippen MR) is 234 cm³/mol. The van der Waals surface area contributed by atoms with Crippen molar-refractivity contribution in [2.75, 3.05) is 88.6 Å². The van der Waals surface area contributed by atoms with Crippen LogP contribution >= 0.6 is 23.5 Å². The molecule has 0 amide bonds. The molecule has 1 aliphatic heterocycles. The lowest BCUT2D eigenvalue weighted by Crippen LogP contribution is -2.47. The van der Waals surface area contributed by atoms with E-state index in [9.17, 15) is 9.59 Å². The fourth-order valence-electron chi connectivity index (χ4n) is 6.35. The van der Waals surface area contributed by atoms with Crippen molar-refractivity contribution in [1.82, 2.24) is 20.4 Å². The molecule has 4 N–H and O–H groups in total. The molecule has 316 valence electrons. The van der Waals surface area contributed by atoms with Gasteiger partial charge in [-0.05, 0) is 63.1 Å². The van der Waals surface area contributed by atoms with Gasteiger partial charge in [0.05, 0.1) is 37.7 Å². The summed E-state index contributed by atoms with van der Waals surface area (Å²) >= 11 is 3.56. The summed E-state index contributed by atoms with van der Waals surface area (Å²) in [6, 6.07) is 0. The third-order valence-electron chi connectivity index (χ3n) is 9.80. The first-order chi connectivity index (χ1) is 26.4. The molecule has 0 aliphatic carbocycles. The summed E-state index contributed by atoms with van der Waals surface area (Å²) in [4.78, 5) is 28.9. The molecular weight excluding hydrogens is 717 g/mol. The van der Waals surface area contributed by atoms with E-state index in [-0.39, 0.29) is 11.9 Å². The van der Waals surface area contributed by atoms with Gasteiger partial charge in [0.25, 0.3) is 0 Å². The molecule has 0 unspecified atom stereocenters. The number of ether oxygens (including phenoxy) is 2. The molecule has 1 saturated heterocycles. The number of amidine groups is 2.